The van der Waals surface area contributed by atoms with E-state index < -0.39 is 0 Å². The maximum Gasteiger partial charge on any atom is 0.253 e. The quantitative estimate of drug-likeness (QED) is 0.864. The largest absolute Gasteiger partial charge is 0.355 e. The van der Waals surface area contributed by atoms with Crippen LogP contribution in [0.15, 0.2) is 35.8 Å². The molecule has 2 aromatic heterocycles. The first-order valence-corrected chi connectivity index (χ1v) is 8.21. The molecule has 0 radical (unpaired) electrons. The zero-order chi connectivity index (χ0) is 16.2. The number of hydrogen-bond acceptors (Lipinski definition) is 5. The summed E-state index contributed by atoms with van der Waals surface area (Å²) in [5, 5.41) is 0. The number of nitrogens with zero attached hydrogens (tertiary/aromatic N) is 5. The van der Waals surface area contributed by atoms with Crippen molar-refractivity contribution in [3.8, 4) is 0 Å². The number of hydrogen-bond donors (Lipinski definition) is 0. The van der Waals surface area contributed by atoms with Gasteiger partial charge in [-0.25, -0.2) is 9.97 Å². The lowest BCUT2D eigenvalue weighted by Gasteiger charge is -2.32. The molecule has 2 aromatic rings. The molecule has 6 heteroatoms. The minimum Gasteiger partial charge on any atom is -0.355 e. The molecule has 1 saturated heterocycles. The van der Waals surface area contributed by atoms with Gasteiger partial charge >= 0.3 is 0 Å². The van der Waals surface area contributed by atoms with E-state index >= 15 is 0 Å². The summed E-state index contributed by atoms with van der Waals surface area (Å²) < 4.78 is 1.74. The highest BCUT2D eigenvalue weighted by molar-refractivity contribution is 5.35. The third kappa shape index (κ3) is 3.75. The molecule has 1 fully saturated rings. The van der Waals surface area contributed by atoms with E-state index in [1.807, 2.05) is 13.8 Å². The molecule has 0 spiro atoms. The van der Waals surface area contributed by atoms with Crippen LogP contribution in [0, 0.1) is 5.92 Å². The summed E-state index contributed by atoms with van der Waals surface area (Å²) in [6.07, 6.45) is 9.02. The Morgan fingerprint density at radius 3 is 2.61 bits per heavy atom. The summed E-state index contributed by atoms with van der Waals surface area (Å²) in [7, 11) is 0. The van der Waals surface area contributed by atoms with Gasteiger partial charge in [-0.2, -0.15) is 0 Å². The average Bonchev–Trinajstić information content (AvgIpc) is 2.58. The number of rotatable bonds is 4. The molecule has 1 aliphatic rings. The number of aromatic nitrogens is 4. The Bertz CT molecular complexity index is 690. The van der Waals surface area contributed by atoms with Crippen molar-refractivity contribution in [1.29, 1.82) is 0 Å². The lowest BCUT2D eigenvalue weighted by Crippen LogP contribution is -2.36. The first-order valence-electron chi connectivity index (χ1n) is 8.21. The Morgan fingerprint density at radius 2 is 2.00 bits per heavy atom. The predicted octanol–water partition coefficient (Wildman–Crippen LogP) is 2.07. The molecular weight excluding hydrogens is 290 g/mol. The molecule has 3 heterocycles. The van der Waals surface area contributed by atoms with Gasteiger partial charge in [-0.1, -0.05) is 13.8 Å². The van der Waals surface area contributed by atoms with Crippen LogP contribution < -0.4 is 10.5 Å². The third-order valence-electron chi connectivity index (χ3n) is 4.44. The highest BCUT2D eigenvalue weighted by Gasteiger charge is 2.21. The van der Waals surface area contributed by atoms with E-state index in [1.165, 1.54) is 0 Å². The van der Waals surface area contributed by atoms with Crippen LogP contribution in [0.1, 0.15) is 38.3 Å². The van der Waals surface area contributed by atoms with Gasteiger partial charge in [0.2, 0.25) is 0 Å². The molecule has 0 aliphatic carbocycles. The standard InChI is InChI=1S/C17H23N5O/c1-13(2)15-9-17(23)22(12-20-15)11-14-3-7-21(8-4-14)16-10-18-5-6-19-16/h5-6,9-10,12-14H,3-4,7-8,11H2,1-2H3. The van der Waals surface area contributed by atoms with E-state index in [2.05, 4.69) is 19.9 Å². The van der Waals surface area contributed by atoms with E-state index in [0.29, 0.717) is 5.92 Å². The molecule has 0 bridgehead atoms. The van der Waals surface area contributed by atoms with Crippen LogP contribution in [-0.2, 0) is 6.54 Å². The fourth-order valence-corrected chi connectivity index (χ4v) is 2.97. The van der Waals surface area contributed by atoms with Crippen LogP contribution in [0.25, 0.3) is 0 Å². The molecular formula is C17H23N5O. The van der Waals surface area contributed by atoms with Gasteiger partial charge in [0.1, 0.15) is 5.82 Å². The lowest BCUT2D eigenvalue weighted by atomic mass is 9.96. The van der Waals surface area contributed by atoms with Crippen LogP contribution >= 0.6 is 0 Å². The molecule has 23 heavy (non-hydrogen) atoms. The molecule has 1 aliphatic heterocycles. The SMILES string of the molecule is CC(C)c1cc(=O)n(CC2CCN(c3cnccn3)CC2)cn1. The van der Waals surface area contributed by atoms with E-state index in [4.69, 9.17) is 0 Å². The van der Waals surface area contributed by atoms with Crippen molar-refractivity contribution in [3.63, 3.8) is 0 Å². The Kier molecular flexibility index (Phi) is 4.69. The highest BCUT2D eigenvalue weighted by Crippen LogP contribution is 2.22. The van der Waals surface area contributed by atoms with Gasteiger partial charge in [0.15, 0.2) is 0 Å². The summed E-state index contributed by atoms with van der Waals surface area (Å²) in [5.74, 6) is 1.73. The minimum absolute atomic E-state index is 0.0556. The first kappa shape index (κ1) is 15.6. The summed E-state index contributed by atoms with van der Waals surface area (Å²) in [4.78, 5) is 27.3. The predicted molar refractivity (Wildman–Crippen MR) is 89.6 cm³/mol. The van der Waals surface area contributed by atoms with Gasteiger partial charge in [-0.15, -0.1) is 0 Å². The Labute approximate surface area is 136 Å². The van der Waals surface area contributed by atoms with Crippen molar-refractivity contribution in [2.24, 2.45) is 5.92 Å². The summed E-state index contributed by atoms with van der Waals surface area (Å²) in [5.41, 5.74) is 0.920. The maximum absolute atomic E-state index is 12.2. The molecule has 0 atom stereocenters. The molecule has 0 saturated carbocycles. The first-order chi connectivity index (χ1) is 11.1. The molecule has 122 valence electrons. The van der Waals surface area contributed by atoms with Crippen molar-refractivity contribution in [2.45, 2.75) is 39.2 Å². The second-order valence-corrected chi connectivity index (χ2v) is 6.45. The third-order valence-corrected chi connectivity index (χ3v) is 4.44. The summed E-state index contributed by atoms with van der Waals surface area (Å²) in [6, 6.07) is 1.67. The molecule has 6 nitrogen and oxygen atoms in total. The summed E-state index contributed by atoms with van der Waals surface area (Å²) in [6.45, 7) is 6.76. The van der Waals surface area contributed by atoms with E-state index in [9.17, 15) is 4.79 Å². The van der Waals surface area contributed by atoms with Crippen LogP contribution in [0.4, 0.5) is 5.82 Å². The smallest absolute Gasteiger partial charge is 0.253 e. The van der Waals surface area contributed by atoms with Crippen LogP contribution in [0.3, 0.4) is 0 Å². The number of anilines is 1. The second kappa shape index (κ2) is 6.89. The van der Waals surface area contributed by atoms with Gasteiger partial charge in [0.25, 0.3) is 5.56 Å². The lowest BCUT2D eigenvalue weighted by molar-refractivity contribution is 0.349. The maximum atomic E-state index is 12.2. The van der Waals surface area contributed by atoms with E-state index in [0.717, 1.165) is 44.0 Å². The van der Waals surface area contributed by atoms with E-state index in [-0.39, 0.29) is 11.5 Å². The average molecular weight is 313 g/mol. The Morgan fingerprint density at radius 1 is 1.22 bits per heavy atom. The van der Waals surface area contributed by atoms with Crippen molar-refractivity contribution < 1.29 is 0 Å². The van der Waals surface area contributed by atoms with Crippen LogP contribution in [0.5, 0.6) is 0 Å². The minimum atomic E-state index is 0.0556. The molecule has 0 N–H and O–H groups in total. The topological polar surface area (TPSA) is 63.9 Å². The van der Waals surface area contributed by atoms with Gasteiger partial charge in [-0.05, 0) is 24.7 Å². The van der Waals surface area contributed by atoms with Gasteiger partial charge < -0.3 is 4.90 Å². The second-order valence-electron chi connectivity index (χ2n) is 6.45. The van der Waals surface area contributed by atoms with Gasteiger partial charge in [-0.3, -0.25) is 14.3 Å². The van der Waals surface area contributed by atoms with E-state index in [1.54, 1.807) is 35.6 Å². The van der Waals surface area contributed by atoms with Gasteiger partial charge in [0.05, 0.1) is 18.2 Å². The monoisotopic (exact) mass is 313 g/mol. The normalized spacial score (nSPS) is 16.0. The van der Waals surface area contributed by atoms with Crippen molar-refractivity contribution >= 4 is 5.82 Å². The van der Waals surface area contributed by atoms with Crippen LogP contribution in [0.2, 0.25) is 0 Å². The van der Waals surface area contributed by atoms with Crippen LogP contribution in [-0.4, -0.2) is 32.6 Å². The highest BCUT2D eigenvalue weighted by atomic mass is 16.1. The molecule has 0 unspecified atom stereocenters. The van der Waals surface area contributed by atoms with Gasteiger partial charge in [0, 0.05) is 38.1 Å². The van der Waals surface area contributed by atoms with Crippen molar-refractivity contribution in [1.82, 2.24) is 19.5 Å². The van der Waals surface area contributed by atoms with Crippen molar-refractivity contribution in [2.75, 3.05) is 18.0 Å². The molecule has 3 rings (SSSR count). The zero-order valence-electron chi connectivity index (χ0n) is 13.7. The number of piperidine rings is 1. The zero-order valence-corrected chi connectivity index (χ0v) is 13.7. The Hall–Kier alpha value is -2.24. The molecule has 0 amide bonds. The Balaban J connectivity index is 1.60. The van der Waals surface area contributed by atoms with Crippen molar-refractivity contribution in [3.05, 3.63) is 47.0 Å². The fraction of sp³-hybridized carbons (Fsp3) is 0.529. The summed E-state index contributed by atoms with van der Waals surface area (Å²) >= 11 is 0. The fourth-order valence-electron chi connectivity index (χ4n) is 2.97. The molecule has 0 aromatic carbocycles.